The summed E-state index contributed by atoms with van der Waals surface area (Å²) in [4.78, 5) is 20.9. The Labute approximate surface area is 239 Å². The Hall–Kier alpha value is -3.48. The maximum atomic E-state index is 13.2. The van der Waals surface area contributed by atoms with E-state index in [1.807, 2.05) is 24.3 Å². The molecule has 0 saturated carbocycles. The fraction of sp³-hybridized carbons (Fsp3) is 0.400. The number of carbonyl (C=O) groups is 1. The van der Waals surface area contributed by atoms with E-state index in [2.05, 4.69) is 14.8 Å². The van der Waals surface area contributed by atoms with Gasteiger partial charge in [-0.1, -0.05) is 48.5 Å². The molecule has 0 bridgehead atoms. The van der Waals surface area contributed by atoms with Crippen LogP contribution in [0.5, 0.6) is 0 Å². The molecule has 1 aromatic heterocycles. The van der Waals surface area contributed by atoms with Gasteiger partial charge in [0.2, 0.25) is 0 Å². The van der Waals surface area contributed by atoms with E-state index in [9.17, 15) is 36.2 Å². The monoisotopic (exact) mass is 595 g/mol. The number of hydrogen-bond acceptors (Lipinski definition) is 6. The number of alkyl halides is 6. The van der Waals surface area contributed by atoms with Crippen LogP contribution >= 0.6 is 0 Å². The van der Waals surface area contributed by atoms with Crippen molar-refractivity contribution in [2.45, 2.75) is 50.4 Å². The van der Waals surface area contributed by atoms with Crippen LogP contribution in [0.4, 0.5) is 26.3 Å². The van der Waals surface area contributed by atoms with Gasteiger partial charge in [-0.25, -0.2) is 0 Å². The van der Waals surface area contributed by atoms with Gasteiger partial charge in [-0.15, -0.1) is 0 Å². The Morgan fingerprint density at radius 2 is 1.40 bits per heavy atom. The second kappa shape index (κ2) is 12.8. The van der Waals surface area contributed by atoms with Gasteiger partial charge in [0.15, 0.2) is 0 Å². The minimum atomic E-state index is -5.94. The Kier molecular flexibility index (Phi) is 9.59. The van der Waals surface area contributed by atoms with Crippen LogP contribution in [0.2, 0.25) is 0 Å². The van der Waals surface area contributed by atoms with Crippen molar-refractivity contribution >= 4 is 5.97 Å². The molecule has 3 aromatic rings. The van der Waals surface area contributed by atoms with Gasteiger partial charge < -0.3 is 9.84 Å². The molecule has 1 atom stereocenters. The minimum Gasteiger partial charge on any atom is -0.466 e. The largest absolute Gasteiger partial charge is 0.466 e. The number of nitrogens with zero attached hydrogens (tertiary/aromatic N) is 3. The zero-order chi connectivity index (χ0) is 30.5. The summed E-state index contributed by atoms with van der Waals surface area (Å²) in [6.45, 7) is 5.47. The van der Waals surface area contributed by atoms with Gasteiger partial charge in [-0.3, -0.25) is 19.6 Å². The number of carbonyl (C=O) groups excluding carboxylic acids is 1. The predicted molar refractivity (Wildman–Crippen MR) is 143 cm³/mol. The third-order valence-electron chi connectivity index (χ3n) is 7.35. The van der Waals surface area contributed by atoms with Crippen LogP contribution in [0.1, 0.15) is 30.0 Å². The molecule has 12 heteroatoms. The van der Waals surface area contributed by atoms with E-state index in [1.54, 1.807) is 31.5 Å². The van der Waals surface area contributed by atoms with E-state index in [4.69, 9.17) is 4.74 Å². The van der Waals surface area contributed by atoms with Gasteiger partial charge in [0.1, 0.15) is 0 Å². The molecule has 0 aliphatic carbocycles. The van der Waals surface area contributed by atoms with E-state index in [-0.39, 0.29) is 18.4 Å². The number of pyridine rings is 1. The molecule has 2 aromatic carbocycles. The van der Waals surface area contributed by atoms with E-state index in [1.165, 1.54) is 0 Å². The lowest BCUT2D eigenvalue weighted by Gasteiger charge is -2.41. The molecule has 1 saturated heterocycles. The van der Waals surface area contributed by atoms with Gasteiger partial charge in [0.25, 0.3) is 5.60 Å². The summed E-state index contributed by atoms with van der Waals surface area (Å²) in [6.07, 6.45) is -8.17. The molecule has 0 unspecified atom stereocenters. The van der Waals surface area contributed by atoms with Crippen LogP contribution in [0.3, 0.4) is 0 Å². The van der Waals surface area contributed by atoms with Gasteiger partial charge in [-0.2, -0.15) is 26.3 Å². The quantitative estimate of drug-likeness (QED) is 0.253. The first-order valence-electron chi connectivity index (χ1n) is 13.4. The van der Waals surface area contributed by atoms with Crippen molar-refractivity contribution in [3.05, 3.63) is 89.7 Å². The number of halogens is 6. The standard InChI is InChI=1S/C30H31F6N3O3/c1-2-42-27(40)17-26-20-38(18-22-11-13-37-14-12-22)15-16-39(26)19-21-3-5-23(6-4-21)24-7-9-25(10-8-24)28(41,29(31,32)33)30(34,35)36/h3-14,26,41H,2,15-20H2,1H3/t26-/m0/s1. The highest BCUT2D eigenvalue weighted by Gasteiger charge is 2.71. The Morgan fingerprint density at radius 1 is 0.857 bits per heavy atom. The molecule has 1 fully saturated rings. The van der Waals surface area contributed by atoms with Crippen LogP contribution in [-0.4, -0.2) is 70.5 Å². The van der Waals surface area contributed by atoms with Crippen molar-refractivity contribution in [3.8, 4) is 11.1 Å². The highest BCUT2D eigenvalue weighted by molar-refractivity contribution is 5.70. The van der Waals surface area contributed by atoms with Crippen molar-refractivity contribution in [3.63, 3.8) is 0 Å². The number of aliphatic hydroxyl groups is 1. The molecule has 1 aliphatic rings. The number of rotatable bonds is 9. The smallest absolute Gasteiger partial charge is 0.430 e. The molecule has 6 nitrogen and oxygen atoms in total. The normalized spacial score (nSPS) is 17.3. The highest BCUT2D eigenvalue weighted by atomic mass is 19.4. The van der Waals surface area contributed by atoms with E-state index in [0.717, 1.165) is 36.3 Å². The van der Waals surface area contributed by atoms with E-state index in [0.29, 0.717) is 49.5 Å². The van der Waals surface area contributed by atoms with E-state index >= 15 is 0 Å². The summed E-state index contributed by atoms with van der Waals surface area (Å²) >= 11 is 0. The second-order valence-corrected chi connectivity index (χ2v) is 10.2. The molecule has 0 radical (unpaired) electrons. The van der Waals surface area contributed by atoms with Gasteiger partial charge in [0, 0.05) is 56.7 Å². The SMILES string of the molecule is CCOC(=O)C[C@H]1CN(Cc2ccncc2)CCN1Cc1ccc(-c2ccc(C(O)(C(F)(F)F)C(F)(F)F)cc2)cc1. The Bertz CT molecular complexity index is 1300. The lowest BCUT2D eigenvalue weighted by atomic mass is 9.90. The summed E-state index contributed by atoms with van der Waals surface area (Å²) in [6, 6.07) is 14.4. The first-order chi connectivity index (χ1) is 19.8. The number of benzene rings is 2. The minimum absolute atomic E-state index is 0.0899. The molecule has 1 aliphatic heterocycles. The average Bonchev–Trinajstić information content (AvgIpc) is 2.94. The molecule has 226 valence electrons. The fourth-order valence-electron chi connectivity index (χ4n) is 5.09. The topological polar surface area (TPSA) is 65.9 Å². The molecular weight excluding hydrogens is 564 g/mol. The van der Waals surface area contributed by atoms with Crippen molar-refractivity contribution in [2.24, 2.45) is 0 Å². The van der Waals surface area contributed by atoms with E-state index < -0.39 is 23.5 Å². The summed E-state index contributed by atoms with van der Waals surface area (Å²) in [5, 5.41) is 9.62. The predicted octanol–water partition coefficient (Wildman–Crippen LogP) is 5.70. The fourth-order valence-corrected chi connectivity index (χ4v) is 5.09. The van der Waals surface area contributed by atoms with Crippen LogP contribution in [0.15, 0.2) is 73.1 Å². The van der Waals surface area contributed by atoms with Gasteiger partial charge in [0.05, 0.1) is 13.0 Å². The first kappa shape index (κ1) is 31.5. The molecule has 42 heavy (non-hydrogen) atoms. The molecular formula is C30H31F6N3O3. The van der Waals surface area contributed by atoms with Gasteiger partial charge >= 0.3 is 18.3 Å². The lowest BCUT2D eigenvalue weighted by Crippen LogP contribution is -2.53. The lowest BCUT2D eigenvalue weighted by molar-refractivity contribution is -0.376. The third-order valence-corrected chi connectivity index (χ3v) is 7.35. The number of aromatic nitrogens is 1. The summed E-state index contributed by atoms with van der Waals surface area (Å²) < 4.78 is 84.4. The molecule has 2 heterocycles. The molecule has 0 spiro atoms. The Morgan fingerprint density at radius 3 is 1.95 bits per heavy atom. The first-order valence-corrected chi connectivity index (χ1v) is 13.4. The number of piperazine rings is 1. The maximum Gasteiger partial charge on any atom is 0.430 e. The van der Waals surface area contributed by atoms with Crippen molar-refractivity contribution in [2.75, 3.05) is 26.2 Å². The maximum absolute atomic E-state index is 13.2. The zero-order valence-electron chi connectivity index (χ0n) is 22.8. The molecule has 4 rings (SSSR count). The number of ether oxygens (including phenoxy) is 1. The second-order valence-electron chi connectivity index (χ2n) is 10.2. The van der Waals surface area contributed by atoms with Crippen LogP contribution in [0.25, 0.3) is 11.1 Å². The summed E-state index contributed by atoms with van der Waals surface area (Å²) in [5.74, 6) is -0.278. The van der Waals surface area contributed by atoms with Gasteiger partial charge in [-0.05, 0) is 41.3 Å². The average molecular weight is 596 g/mol. The zero-order valence-corrected chi connectivity index (χ0v) is 22.8. The van der Waals surface area contributed by atoms with Crippen LogP contribution < -0.4 is 0 Å². The van der Waals surface area contributed by atoms with Crippen molar-refractivity contribution in [1.82, 2.24) is 14.8 Å². The van der Waals surface area contributed by atoms with Crippen LogP contribution in [0, 0.1) is 0 Å². The number of esters is 1. The van der Waals surface area contributed by atoms with Crippen molar-refractivity contribution < 1.29 is 41.0 Å². The molecule has 0 amide bonds. The van der Waals surface area contributed by atoms with Crippen LogP contribution in [-0.2, 0) is 28.2 Å². The molecule has 1 N–H and O–H groups in total. The van der Waals surface area contributed by atoms with Crippen molar-refractivity contribution in [1.29, 1.82) is 0 Å². The third kappa shape index (κ3) is 7.11. The summed E-state index contributed by atoms with van der Waals surface area (Å²) in [7, 11) is 0. The summed E-state index contributed by atoms with van der Waals surface area (Å²) in [5.41, 5.74) is -3.25. The number of hydrogen-bond donors (Lipinski definition) is 1. The highest BCUT2D eigenvalue weighted by Crippen LogP contribution is 2.50. The Balaban J connectivity index is 1.46.